The van der Waals surface area contributed by atoms with Gasteiger partial charge in [-0.15, -0.1) is 0 Å². The number of nitrogen functional groups attached to an aromatic ring is 1. The predicted molar refractivity (Wildman–Crippen MR) is 79.4 cm³/mol. The Bertz CT molecular complexity index is 591. The third-order valence-electron chi connectivity index (χ3n) is 3.20. The molecule has 3 heteroatoms. The van der Waals surface area contributed by atoms with Crippen molar-refractivity contribution < 1.29 is 4.39 Å². The molecule has 0 atom stereocenters. The van der Waals surface area contributed by atoms with E-state index < -0.39 is 0 Å². The highest BCUT2D eigenvalue weighted by Crippen LogP contribution is 2.32. The first-order valence-corrected chi connectivity index (χ1v) is 6.40. The lowest BCUT2D eigenvalue weighted by atomic mass is 9.98. The molecule has 19 heavy (non-hydrogen) atoms. The van der Waals surface area contributed by atoms with E-state index in [1.165, 1.54) is 17.7 Å². The largest absolute Gasteiger partial charge is 0.397 e. The molecule has 0 saturated heterocycles. The number of halogens is 1. The summed E-state index contributed by atoms with van der Waals surface area (Å²) in [4.78, 5) is 0. The lowest BCUT2D eigenvalue weighted by Crippen LogP contribution is -2.02. The molecular formula is C16H19FN2. The lowest BCUT2D eigenvalue weighted by Gasteiger charge is -2.18. The first-order chi connectivity index (χ1) is 8.99. The number of rotatable bonds is 3. The summed E-state index contributed by atoms with van der Waals surface area (Å²) in [6.45, 7) is 6.34. The second kappa shape index (κ2) is 5.31. The minimum absolute atomic E-state index is 0.322. The van der Waals surface area contributed by atoms with Gasteiger partial charge in [0.25, 0.3) is 0 Å². The van der Waals surface area contributed by atoms with Gasteiger partial charge in [0.05, 0.1) is 11.4 Å². The van der Waals surface area contributed by atoms with Crippen molar-refractivity contribution in [1.82, 2.24) is 0 Å². The van der Waals surface area contributed by atoms with Crippen LogP contribution in [0.1, 0.15) is 30.9 Å². The van der Waals surface area contributed by atoms with Crippen molar-refractivity contribution in [2.24, 2.45) is 0 Å². The average molecular weight is 258 g/mol. The van der Waals surface area contributed by atoms with E-state index in [-0.39, 0.29) is 5.82 Å². The second-order valence-corrected chi connectivity index (χ2v) is 5.05. The van der Waals surface area contributed by atoms with Crippen LogP contribution in [0.2, 0.25) is 0 Å². The highest BCUT2D eigenvalue weighted by Gasteiger charge is 2.10. The molecule has 0 radical (unpaired) electrons. The number of benzene rings is 2. The van der Waals surface area contributed by atoms with Crippen LogP contribution in [-0.4, -0.2) is 0 Å². The summed E-state index contributed by atoms with van der Waals surface area (Å²) in [5, 5.41) is 3.33. The van der Waals surface area contributed by atoms with Gasteiger partial charge in [0.15, 0.2) is 0 Å². The molecule has 2 aromatic rings. The van der Waals surface area contributed by atoms with Crippen LogP contribution in [0, 0.1) is 12.7 Å². The molecule has 2 nitrogen and oxygen atoms in total. The van der Waals surface area contributed by atoms with Crippen LogP contribution in [0.3, 0.4) is 0 Å². The predicted octanol–water partition coefficient (Wildman–Crippen LogP) is 4.58. The fourth-order valence-corrected chi connectivity index (χ4v) is 2.12. The van der Waals surface area contributed by atoms with Crippen LogP contribution in [0.15, 0.2) is 36.4 Å². The molecular weight excluding hydrogens is 239 g/mol. The normalized spacial score (nSPS) is 10.8. The lowest BCUT2D eigenvalue weighted by molar-refractivity contribution is 0.628. The highest BCUT2D eigenvalue weighted by atomic mass is 19.1. The zero-order valence-electron chi connectivity index (χ0n) is 11.5. The summed E-state index contributed by atoms with van der Waals surface area (Å²) in [6, 6.07) is 10.6. The third kappa shape index (κ3) is 2.87. The van der Waals surface area contributed by atoms with Crippen LogP contribution in [0.25, 0.3) is 0 Å². The molecule has 2 rings (SSSR count). The molecule has 0 amide bonds. The van der Waals surface area contributed by atoms with Crippen LogP contribution >= 0.6 is 0 Å². The van der Waals surface area contributed by atoms with Crippen molar-refractivity contribution in [1.29, 1.82) is 0 Å². The van der Waals surface area contributed by atoms with E-state index in [0.29, 0.717) is 11.6 Å². The Morgan fingerprint density at radius 2 is 1.89 bits per heavy atom. The fourth-order valence-electron chi connectivity index (χ4n) is 2.12. The molecule has 2 aromatic carbocycles. The van der Waals surface area contributed by atoms with Crippen molar-refractivity contribution in [3.63, 3.8) is 0 Å². The number of aryl methyl sites for hydroxylation is 1. The van der Waals surface area contributed by atoms with Crippen molar-refractivity contribution in [2.45, 2.75) is 26.7 Å². The van der Waals surface area contributed by atoms with E-state index in [2.05, 4.69) is 25.2 Å². The number of para-hydroxylation sites is 1. The Kier molecular flexibility index (Phi) is 3.74. The molecule has 0 aliphatic rings. The Morgan fingerprint density at radius 1 is 1.16 bits per heavy atom. The summed E-state index contributed by atoms with van der Waals surface area (Å²) in [6.07, 6.45) is 0. The second-order valence-electron chi connectivity index (χ2n) is 5.05. The topological polar surface area (TPSA) is 38.0 Å². The minimum Gasteiger partial charge on any atom is -0.397 e. The SMILES string of the molecule is Cc1cccc(C(C)C)c1Nc1ccc(F)cc1N. The minimum atomic E-state index is -0.322. The van der Waals surface area contributed by atoms with Gasteiger partial charge in [-0.2, -0.15) is 0 Å². The number of hydrogen-bond donors (Lipinski definition) is 2. The van der Waals surface area contributed by atoms with Crippen LogP contribution in [0.5, 0.6) is 0 Å². The molecule has 0 aromatic heterocycles. The van der Waals surface area contributed by atoms with Crippen LogP contribution in [-0.2, 0) is 0 Å². The zero-order valence-corrected chi connectivity index (χ0v) is 11.5. The van der Waals surface area contributed by atoms with E-state index in [1.54, 1.807) is 6.07 Å². The van der Waals surface area contributed by atoms with E-state index in [4.69, 9.17) is 5.73 Å². The zero-order chi connectivity index (χ0) is 14.0. The molecule has 0 fully saturated rings. The molecule has 100 valence electrons. The molecule has 0 unspecified atom stereocenters. The summed E-state index contributed by atoms with van der Waals surface area (Å²) in [7, 11) is 0. The quantitative estimate of drug-likeness (QED) is 0.791. The van der Waals surface area contributed by atoms with E-state index in [9.17, 15) is 4.39 Å². The molecule has 0 bridgehead atoms. The highest BCUT2D eigenvalue weighted by molar-refractivity contribution is 5.75. The average Bonchev–Trinajstić information content (AvgIpc) is 2.34. The van der Waals surface area contributed by atoms with E-state index >= 15 is 0 Å². The van der Waals surface area contributed by atoms with Gasteiger partial charge in [-0.05, 0) is 42.2 Å². The van der Waals surface area contributed by atoms with E-state index in [1.807, 2.05) is 19.1 Å². The van der Waals surface area contributed by atoms with Crippen molar-refractivity contribution >= 4 is 17.1 Å². The van der Waals surface area contributed by atoms with Gasteiger partial charge in [0, 0.05) is 5.69 Å². The molecule has 0 aliphatic carbocycles. The van der Waals surface area contributed by atoms with Crippen molar-refractivity contribution in [2.75, 3.05) is 11.1 Å². The van der Waals surface area contributed by atoms with Crippen LogP contribution in [0.4, 0.5) is 21.5 Å². The number of nitrogens with two attached hydrogens (primary N) is 1. The van der Waals surface area contributed by atoms with Gasteiger partial charge in [-0.25, -0.2) is 4.39 Å². The molecule has 0 heterocycles. The summed E-state index contributed by atoms with van der Waals surface area (Å²) in [5.74, 6) is 0.0842. The van der Waals surface area contributed by atoms with Gasteiger partial charge in [-0.3, -0.25) is 0 Å². The van der Waals surface area contributed by atoms with Gasteiger partial charge in [0.2, 0.25) is 0 Å². The Morgan fingerprint density at radius 3 is 2.53 bits per heavy atom. The maximum absolute atomic E-state index is 13.1. The van der Waals surface area contributed by atoms with Crippen molar-refractivity contribution in [3.05, 3.63) is 53.3 Å². The summed E-state index contributed by atoms with van der Waals surface area (Å²) in [5.41, 5.74) is 10.4. The molecule has 3 N–H and O–H groups in total. The van der Waals surface area contributed by atoms with Gasteiger partial charge >= 0.3 is 0 Å². The molecule has 0 saturated carbocycles. The number of hydrogen-bond acceptors (Lipinski definition) is 2. The first kappa shape index (κ1) is 13.4. The smallest absolute Gasteiger partial charge is 0.125 e. The van der Waals surface area contributed by atoms with Gasteiger partial charge in [-0.1, -0.05) is 32.0 Å². The summed E-state index contributed by atoms with van der Waals surface area (Å²) >= 11 is 0. The van der Waals surface area contributed by atoms with Gasteiger partial charge in [0.1, 0.15) is 5.82 Å². The standard InChI is InChI=1S/C16H19FN2/c1-10(2)13-6-4-5-11(3)16(13)19-15-8-7-12(17)9-14(15)18/h4-10,19H,18H2,1-3H3. The fraction of sp³-hybridized carbons (Fsp3) is 0.250. The van der Waals surface area contributed by atoms with E-state index in [0.717, 1.165) is 16.9 Å². The monoisotopic (exact) mass is 258 g/mol. The molecule has 0 aliphatic heterocycles. The summed E-state index contributed by atoms with van der Waals surface area (Å²) < 4.78 is 13.1. The maximum atomic E-state index is 13.1. The number of nitrogens with one attached hydrogen (secondary N) is 1. The number of anilines is 3. The van der Waals surface area contributed by atoms with Crippen LogP contribution < -0.4 is 11.1 Å². The van der Waals surface area contributed by atoms with Gasteiger partial charge < -0.3 is 11.1 Å². The maximum Gasteiger partial charge on any atom is 0.125 e. The Labute approximate surface area is 113 Å². The first-order valence-electron chi connectivity index (χ1n) is 6.40. The Balaban J connectivity index is 2.43. The van der Waals surface area contributed by atoms with Crippen molar-refractivity contribution in [3.8, 4) is 0 Å². The molecule has 0 spiro atoms. The Hall–Kier alpha value is -2.03. The third-order valence-corrected chi connectivity index (χ3v) is 3.20.